The Hall–Kier alpha value is -2.38. The van der Waals surface area contributed by atoms with Crippen LogP contribution in [0.2, 0.25) is 0 Å². The highest BCUT2D eigenvalue weighted by Crippen LogP contribution is 2.33. The van der Waals surface area contributed by atoms with Crippen molar-refractivity contribution in [3.63, 3.8) is 0 Å². The average molecular weight is 391 g/mol. The molecule has 2 rings (SSSR count). The maximum Gasteiger partial charge on any atom is 0.341 e. The van der Waals surface area contributed by atoms with E-state index in [9.17, 15) is 9.59 Å². The number of nitrogens with one attached hydrogen (secondary N) is 1. The van der Waals surface area contributed by atoms with Gasteiger partial charge in [0, 0.05) is 16.5 Å². The molecule has 146 valence electrons. The fourth-order valence-electron chi connectivity index (χ4n) is 2.84. The molecule has 7 heteroatoms. The summed E-state index contributed by atoms with van der Waals surface area (Å²) in [4.78, 5) is 27.5. The Morgan fingerprint density at radius 3 is 2.52 bits per heavy atom. The fraction of sp³-hybridized carbons (Fsp3) is 0.400. The summed E-state index contributed by atoms with van der Waals surface area (Å²) in [5, 5.41) is 3.39. The minimum atomic E-state index is -0.442. The van der Waals surface area contributed by atoms with Crippen molar-refractivity contribution in [3.05, 3.63) is 45.8 Å². The lowest BCUT2D eigenvalue weighted by Gasteiger charge is -2.25. The van der Waals surface area contributed by atoms with E-state index in [0.29, 0.717) is 10.6 Å². The van der Waals surface area contributed by atoms with Crippen LogP contribution in [0.5, 0.6) is 5.75 Å². The number of amides is 1. The molecule has 0 radical (unpaired) electrons. The summed E-state index contributed by atoms with van der Waals surface area (Å²) in [6.45, 7) is 5.96. The van der Waals surface area contributed by atoms with E-state index < -0.39 is 5.97 Å². The normalized spacial score (nSPS) is 12.0. The van der Waals surface area contributed by atoms with Gasteiger partial charge in [-0.1, -0.05) is 18.2 Å². The summed E-state index contributed by atoms with van der Waals surface area (Å²) >= 11 is 1.38. The molecule has 0 spiro atoms. The van der Waals surface area contributed by atoms with E-state index in [-0.39, 0.29) is 18.5 Å². The first-order chi connectivity index (χ1) is 12.8. The highest BCUT2D eigenvalue weighted by atomic mass is 32.1. The zero-order valence-electron chi connectivity index (χ0n) is 16.6. The van der Waals surface area contributed by atoms with Gasteiger partial charge in [-0.15, -0.1) is 11.3 Å². The number of benzene rings is 1. The van der Waals surface area contributed by atoms with Crippen molar-refractivity contribution in [2.45, 2.75) is 26.8 Å². The second kappa shape index (κ2) is 9.01. The maximum absolute atomic E-state index is 12.6. The van der Waals surface area contributed by atoms with Gasteiger partial charge in [-0.3, -0.25) is 9.69 Å². The van der Waals surface area contributed by atoms with Gasteiger partial charge in [-0.25, -0.2) is 4.79 Å². The Bertz CT molecular complexity index is 831. The van der Waals surface area contributed by atoms with E-state index in [1.807, 2.05) is 57.0 Å². The molecular weight excluding hydrogens is 364 g/mol. The lowest BCUT2D eigenvalue weighted by molar-refractivity contribution is -0.117. The van der Waals surface area contributed by atoms with Gasteiger partial charge in [0.05, 0.1) is 26.3 Å². The van der Waals surface area contributed by atoms with Crippen LogP contribution in [0.1, 0.15) is 39.3 Å². The second-order valence-corrected chi connectivity index (χ2v) is 7.58. The molecule has 1 unspecified atom stereocenters. The number of thiophene rings is 1. The predicted molar refractivity (Wildman–Crippen MR) is 108 cm³/mol. The third kappa shape index (κ3) is 4.67. The molecule has 1 N–H and O–H groups in total. The number of nitrogens with zero attached hydrogens (tertiary/aromatic N) is 1. The molecule has 1 aromatic carbocycles. The van der Waals surface area contributed by atoms with Crippen LogP contribution in [-0.2, 0) is 9.53 Å². The summed E-state index contributed by atoms with van der Waals surface area (Å²) in [5.74, 6) is 0.156. The number of ether oxygens (including phenoxy) is 2. The molecule has 1 amide bonds. The molecule has 1 atom stereocenters. The molecule has 0 aliphatic carbocycles. The molecule has 0 aliphatic heterocycles. The van der Waals surface area contributed by atoms with Crippen LogP contribution in [0.15, 0.2) is 24.3 Å². The maximum atomic E-state index is 12.6. The quantitative estimate of drug-likeness (QED) is 0.729. The first-order valence-corrected chi connectivity index (χ1v) is 9.43. The number of hydrogen-bond acceptors (Lipinski definition) is 6. The Balaban J connectivity index is 2.12. The summed E-state index contributed by atoms with van der Waals surface area (Å²) < 4.78 is 10.3. The lowest BCUT2D eigenvalue weighted by atomic mass is 10.1. The molecule has 0 fully saturated rings. The molecule has 1 aromatic heterocycles. The van der Waals surface area contributed by atoms with Gasteiger partial charge in [0.25, 0.3) is 0 Å². The van der Waals surface area contributed by atoms with Crippen LogP contribution in [0, 0.1) is 13.8 Å². The number of anilines is 1. The largest absolute Gasteiger partial charge is 0.496 e. The Morgan fingerprint density at radius 1 is 1.22 bits per heavy atom. The molecule has 0 saturated heterocycles. The zero-order chi connectivity index (χ0) is 20.1. The first kappa shape index (κ1) is 20.9. The molecular formula is C20H26N2O4S. The van der Waals surface area contributed by atoms with Gasteiger partial charge < -0.3 is 14.8 Å². The van der Waals surface area contributed by atoms with Crippen LogP contribution >= 0.6 is 11.3 Å². The lowest BCUT2D eigenvalue weighted by Crippen LogP contribution is -2.32. The number of aryl methyl sites for hydroxylation is 1. The van der Waals surface area contributed by atoms with Crippen LogP contribution in [0.25, 0.3) is 0 Å². The topological polar surface area (TPSA) is 67.9 Å². The van der Waals surface area contributed by atoms with Crippen molar-refractivity contribution in [3.8, 4) is 5.75 Å². The Kier molecular flexibility index (Phi) is 6.98. The number of para-hydroxylation sites is 1. The molecule has 0 saturated carbocycles. The minimum Gasteiger partial charge on any atom is -0.496 e. The zero-order valence-corrected chi connectivity index (χ0v) is 17.4. The number of rotatable bonds is 7. The third-order valence-electron chi connectivity index (χ3n) is 4.67. The minimum absolute atomic E-state index is 0.0150. The summed E-state index contributed by atoms with van der Waals surface area (Å²) in [6.07, 6.45) is 0. The van der Waals surface area contributed by atoms with Crippen molar-refractivity contribution in [1.82, 2.24) is 4.90 Å². The van der Waals surface area contributed by atoms with E-state index in [4.69, 9.17) is 9.47 Å². The number of likely N-dealkylation sites (N-methyl/N-ethyl adjacent to an activating group) is 1. The molecule has 0 aliphatic rings. The van der Waals surface area contributed by atoms with Gasteiger partial charge in [0.1, 0.15) is 10.8 Å². The summed E-state index contributed by atoms with van der Waals surface area (Å²) in [5.41, 5.74) is 2.26. The molecule has 6 nitrogen and oxygen atoms in total. The fourth-order valence-corrected chi connectivity index (χ4v) is 3.91. The van der Waals surface area contributed by atoms with Gasteiger partial charge in [-0.05, 0) is 39.4 Å². The molecule has 0 bridgehead atoms. The van der Waals surface area contributed by atoms with E-state index in [1.165, 1.54) is 18.4 Å². The number of esters is 1. The Labute approximate surface area is 164 Å². The monoisotopic (exact) mass is 390 g/mol. The van der Waals surface area contributed by atoms with Crippen molar-refractivity contribution in [2.75, 3.05) is 33.1 Å². The second-order valence-electron chi connectivity index (χ2n) is 6.36. The van der Waals surface area contributed by atoms with Gasteiger partial charge in [0.15, 0.2) is 0 Å². The summed E-state index contributed by atoms with van der Waals surface area (Å²) in [6, 6.07) is 7.73. The van der Waals surface area contributed by atoms with E-state index in [0.717, 1.165) is 21.8 Å². The standard InChI is InChI=1S/C20H26N2O4S/c1-12-14(3)27-19(18(12)20(24)26-6)21-17(23)11-22(4)13(2)15-9-7-8-10-16(15)25-5/h7-10,13H,11H2,1-6H3,(H,21,23). The summed E-state index contributed by atoms with van der Waals surface area (Å²) in [7, 11) is 4.85. The van der Waals surface area contributed by atoms with Crippen molar-refractivity contribution in [2.24, 2.45) is 0 Å². The highest BCUT2D eigenvalue weighted by molar-refractivity contribution is 7.16. The first-order valence-electron chi connectivity index (χ1n) is 8.61. The van der Waals surface area contributed by atoms with Gasteiger partial charge >= 0.3 is 5.97 Å². The van der Waals surface area contributed by atoms with Gasteiger partial charge in [-0.2, -0.15) is 0 Å². The van der Waals surface area contributed by atoms with Crippen molar-refractivity contribution >= 4 is 28.2 Å². The van der Waals surface area contributed by atoms with Crippen LogP contribution < -0.4 is 10.1 Å². The number of carbonyl (C=O) groups excluding carboxylic acids is 2. The van der Waals surface area contributed by atoms with E-state index in [1.54, 1.807) is 7.11 Å². The molecule has 2 aromatic rings. The third-order valence-corrected chi connectivity index (χ3v) is 5.79. The number of carbonyl (C=O) groups is 2. The van der Waals surface area contributed by atoms with E-state index >= 15 is 0 Å². The average Bonchev–Trinajstić information content (AvgIpc) is 2.93. The highest BCUT2D eigenvalue weighted by Gasteiger charge is 2.23. The number of methoxy groups -OCH3 is 2. The SMILES string of the molecule is COC(=O)c1c(NC(=O)CN(C)C(C)c2ccccc2OC)sc(C)c1C. The van der Waals surface area contributed by atoms with Crippen molar-refractivity contribution < 1.29 is 19.1 Å². The van der Waals surface area contributed by atoms with Crippen LogP contribution in [-0.4, -0.2) is 44.6 Å². The van der Waals surface area contributed by atoms with Crippen LogP contribution in [0.4, 0.5) is 5.00 Å². The van der Waals surface area contributed by atoms with Crippen LogP contribution in [0.3, 0.4) is 0 Å². The molecule has 27 heavy (non-hydrogen) atoms. The Morgan fingerprint density at radius 2 is 1.89 bits per heavy atom. The predicted octanol–water partition coefficient (Wildman–Crippen LogP) is 3.79. The molecule has 1 heterocycles. The van der Waals surface area contributed by atoms with Gasteiger partial charge in [0.2, 0.25) is 5.91 Å². The smallest absolute Gasteiger partial charge is 0.341 e. The number of hydrogen-bond donors (Lipinski definition) is 1. The van der Waals surface area contributed by atoms with E-state index in [2.05, 4.69) is 5.32 Å². The van der Waals surface area contributed by atoms with Crippen molar-refractivity contribution in [1.29, 1.82) is 0 Å².